The van der Waals surface area contributed by atoms with E-state index in [4.69, 9.17) is 9.47 Å². The summed E-state index contributed by atoms with van der Waals surface area (Å²) in [5.74, 6) is 2.10. The number of benzene rings is 1. The molecule has 4 rings (SSSR count). The SMILES string of the molecule is COc1cc(C)c2c(c1)CC[C@@](C)(CC1=C(CC(C)(C)O)C(=O)[C@]3(C)CCC[C@]3(C)C1)O2. The number of hydrogen-bond donors (Lipinski definition) is 1. The van der Waals surface area contributed by atoms with Gasteiger partial charge in [0.15, 0.2) is 5.78 Å². The van der Waals surface area contributed by atoms with Crippen LogP contribution in [0.4, 0.5) is 0 Å². The van der Waals surface area contributed by atoms with Crippen LogP contribution in [0.15, 0.2) is 23.3 Å². The standard InChI is InChI=1S/C28H40O4/c1-18-13-21(31-7)14-19-9-12-27(5,32-23(18)19)16-20-15-26(4)10-8-11-28(26,6)24(29)22(20)17-25(2,3)30/h13-14,30H,8-12,15-17H2,1-7H3/t26-,27+,28+/m1/s1. The molecule has 1 N–H and O–H groups in total. The van der Waals surface area contributed by atoms with E-state index >= 15 is 0 Å². The van der Waals surface area contributed by atoms with Gasteiger partial charge in [-0.15, -0.1) is 0 Å². The fourth-order valence-corrected chi connectivity index (χ4v) is 6.49. The minimum absolute atomic E-state index is 0.00523. The lowest BCUT2D eigenvalue weighted by Crippen LogP contribution is -2.47. The molecule has 0 radical (unpaired) electrons. The van der Waals surface area contributed by atoms with Crippen molar-refractivity contribution < 1.29 is 19.4 Å². The number of Topliss-reactive ketones (excluding diaryl/α,β-unsaturated/α-hetero) is 1. The van der Waals surface area contributed by atoms with Gasteiger partial charge in [-0.05, 0) is 94.0 Å². The Morgan fingerprint density at radius 1 is 1.16 bits per heavy atom. The summed E-state index contributed by atoms with van der Waals surface area (Å²) in [7, 11) is 1.70. The van der Waals surface area contributed by atoms with Crippen LogP contribution in [0, 0.1) is 17.8 Å². The summed E-state index contributed by atoms with van der Waals surface area (Å²) in [6.45, 7) is 12.3. The Labute approximate surface area is 193 Å². The largest absolute Gasteiger partial charge is 0.497 e. The van der Waals surface area contributed by atoms with Crippen molar-refractivity contribution in [2.24, 2.45) is 10.8 Å². The van der Waals surface area contributed by atoms with Gasteiger partial charge < -0.3 is 14.6 Å². The highest BCUT2D eigenvalue weighted by Crippen LogP contribution is 2.61. The highest BCUT2D eigenvalue weighted by atomic mass is 16.5. The molecule has 0 unspecified atom stereocenters. The number of rotatable bonds is 5. The number of carbonyl (C=O) groups excluding carboxylic acids is 1. The Kier molecular flexibility index (Phi) is 5.56. The maximum Gasteiger partial charge on any atom is 0.165 e. The zero-order chi connectivity index (χ0) is 23.5. The van der Waals surface area contributed by atoms with E-state index in [-0.39, 0.29) is 22.2 Å². The maximum atomic E-state index is 13.9. The van der Waals surface area contributed by atoms with Crippen molar-refractivity contribution in [3.63, 3.8) is 0 Å². The van der Waals surface area contributed by atoms with Gasteiger partial charge in [0, 0.05) is 18.3 Å². The normalized spacial score (nSPS) is 32.4. The molecule has 2 aliphatic carbocycles. The molecule has 1 aliphatic heterocycles. The second kappa shape index (κ2) is 7.62. The Balaban J connectivity index is 1.70. The maximum absolute atomic E-state index is 13.9. The lowest BCUT2D eigenvalue weighted by Gasteiger charge is -2.48. The molecule has 32 heavy (non-hydrogen) atoms. The number of fused-ring (bicyclic) bond motifs is 2. The van der Waals surface area contributed by atoms with Crippen LogP contribution in [0.5, 0.6) is 11.5 Å². The molecule has 1 fully saturated rings. The summed E-state index contributed by atoms with van der Waals surface area (Å²) < 4.78 is 12.1. The monoisotopic (exact) mass is 440 g/mol. The smallest absolute Gasteiger partial charge is 0.165 e. The van der Waals surface area contributed by atoms with Crippen LogP contribution in [0.1, 0.15) is 90.7 Å². The predicted octanol–water partition coefficient (Wildman–Crippen LogP) is 6.10. The van der Waals surface area contributed by atoms with E-state index in [1.165, 1.54) is 11.1 Å². The lowest BCUT2D eigenvalue weighted by atomic mass is 9.56. The van der Waals surface area contributed by atoms with Gasteiger partial charge in [0.2, 0.25) is 0 Å². The summed E-state index contributed by atoms with van der Waals surface area (Å²) in [5, 5.41) is 10.7. The van der Waals surface area contributed by atoms with Gasteiger partial charge in [0.25, 0.3) is 0 Å². The third-order valence-electron chi connectivity index (χ3n) is 8.57. The van der Waals surface area contributed by atoms with Gasteiger partial charge >= 0.3 is 0 Å². The third kappa shape index (κ3) is 3.89. The summed E-state index contributed by atoms with van der Waals surface area (Å²) >= 11 is 0. The van der Waals surface area contributed by atoms with E-state index in [1.54, 1.807) is 7.11 Å². The molecule has 0 aromatic heterocycles. The third-order valence-corrected chi connectivity index (χ3v) is 8.57. The van der Waals surface area contributed by atoms with Gasteiger partial charge in [-0.2, -0.15) is 0 Å². The first-order chi connectivity index (χ1) is 14.8. The van der Waals surface area contributed by atoms with E-state index in [2.05, 4.69) is 33.8 Å². The molecule has 3 aliphatic rings. The summed E-state index contributed by atoms with van der Waals surface area (Å²) in [6, 6.07) is 4.11. The van der Waals surface area contributed by atoms with E-state index in [9.17, 15) is 9.90 Å². The van der Waals surface area contributed by atoms with Crippen LogP contribution >= 0.6 is 0 Å². The predicted molar refractivity (Wildman–Crippen MR) is 127 cm³/mol. The first kappa shape index (κ1) is 23.4. The number of aryl methyl sites for hydroxylation is 2. The van der Waals surface area contributed by atoms with Crippen LogP contribution in [0.2, 0.25) is 0 Å². The average molecular weight is 441 g/mol. The van der Waals surface area contributed by atoms with Crippen molar-refractivity contribution in [3.05, 3.63) is 34.4 Å². The van der Waals surface area contributed by atoms with Crippen molar-refractivity contribution in [1.29, 1.82) is 0 Å². The summed E-state index contributed by atoms with van der Waals surface area (Å²) in [6.07, 6.45) is 7.05. The van der Waals surface area contributed by atoms with Gasteiger partial charge in [0.05, 0.1) is 12.7 Å². The van der Waals surface area contributed by atoms with Crippen LogP contribution in [0.3, 0.4) is 0 Å². The molecule has 4 nitrogen and oxygen atoms in total. The van der Waals surface area contributed by atoms with E-state index in [1.807, 2.05) is 19.9 Å². The first-order valence-electron chi connectivity index (χ1n) is 12.1. The number of methoxy groups -OCH3 is 1. The number of ketones is 1. The summed E-state index contributed by atoms with van der Waals surface area (Å²) in [4.78, 5) is 13.9. The second-order valence-electron chi connectivity index (χ2n) is 12.0. The number of ether oxygens (including phenoxy) is 2. The Hall–Kier alpha value is -1.81. The molecular formula is C28H40O4. The molecule has 0 amide bonds. The molecule has 1 heterocycles. The minimum Gasteiger partial charge on any atom is -0.497 e. The van der Waals surface area contributed by atoms with E-state index in [0.29, 0.717) is 6.42 Å². The molecule has 0 spiro atoms. The molecular weight excluding hydrogens is 400 g/mol. The average Bonchev–Trinajstić information content (AvgIpc) is 3.00. The van der Waals surface area contributed by atoms with Gasteiger partial charge in [-0.3, -0.25) is 4.79 Å². The van der Waals surface area contributed by atoms with E-state index < -0.39 is 5.60 Å². The van der Waals surface area contributed by atoms with Gasteiger partial charge in [-0.1, -0.05) is 25.8 Å². The van der Waals surface area contributed by atoms with Crippen molar-refractivity contribution in [1.82, 2.24) is 0 Å². The lowest BCUT2D eigenvalue weighted by molar-refractivity contribution is -0.131. The van der Waals surface area contributed by atoms with Crippen LogP contribution in [-0.2, 0) is 11.2 Å². The van der Waals surface area contributed by atoms with Crippen LogP contribution < -0.4 is 9.47 Å². The zero-order valence-electron chi connectivity index (χ0n) is 21.0. The fraction of sp³-hybridized carbons (Fsp3) is 0.679. The molecule has 0 saturated heterocycles. The Bertz CT molecular complexity index is 968. The first-order valence-corrected chi connectivity index (χ1v) is 12.1. The fourth-order valence-electron chi connectivity index (χ4n) is 6.49. The van der Waals surface area contributed by atoms with Crippen LogP contribution in [0.25, 0.3) is 0 Å². The van der Waals surface area contributed by atoms with E-state index in [0.717, 1.165) is 67.6 Å². The highest BCUT2D eigenvalue weighted by molar-refractivity contribution is 6.02. The topological polar surface area (TPSA) is 55.8 Å². The van der Waals surface area contributed by atoms with Crippen molar-refractivity contribution in [2.45, 2.75) is 104 Å². The Morgan fingerprint density at radius 3 is 2.53 bits per heavy atom. The molecule has 0 bridgehead atoms. The number of aliphatic hydroxyl groups is 1. The van der Waals surface area contributed by atoms with Crippen LogP contribution in [-0.4, -0.2) is 29.2 Å². The minimum atomic E-state index is -0.910. The molecule has 4 heteroatoms. The van der Waals surface area contributed by atoms with Crippen molar-refractivity contribution in [3.8, 4) is 11.5 Å². The second-order valence-corrected chi connectivity index (χ2v) is 12.0. The molecule has 176 valence electrons. The molecule has 1 saturated carbocycles. The summed E-state index contributed by atoms with van der Waals surface area (Å²) in [5.41, 5.74) is 2.76. The van der Waals surface area contributed by atoms with Crippen molar-refractivity contribution in [2.75, 3.05) is 7.11 Å². The molecule has 1 aromatic carbocycles. The highest BCUT2D eigenvalue weighted by Gasteiger charge is 2.57. The van der Waals surface area contributed by atoms with Gasteiger partial charge in [-0.25, -0.2) is 0 Å². The quantitative estimate of drug-likeness (QED) is 0.601. The molecule has 1 aromatic rings. The zero-order valence-corrected chi connectivity index (χ0v) is 21.0. The Morgan fingerprint density at radius 2 is 1.88 bits per heavy atom. The molecule has 3 atom stereocenters. The number of carbonyl (C=O) groups is 1. The van der Waals surface area contributed by atoms with Gasteiger partial charge in [0.1, 0.15) is 17.1 Å². The van der Waals surface area contributed by atoms with Crippen molar-refractivity contribution >= 4 is 5.78 Å². The number of hydrogen-bond acceptors (Lipinski definition) is 4.